The van der Waals surface area contributed by atoms with Crippen LogP contribution in [0.3, 0.4) is 0 Å². The van der Waals surface area contributed by atoms with E-state index >= 15 is 8.78 Å². The van der Waals surface area contributed by atoms with Crippen LogP contribution >= 0.6 is 12.6 Å². The number of carbonyl (C=O) groups excluding carboxylic acids is 6. The monoisotopic (exact) mass is 952 g/mol. The molecule has 7 N–H and O–H groups in total. The number of alkyl halides is 2. The predicted octanol–water partition coefficient (Wildman–Crippen LogP) is 3.35. The number of ketones is 2. The van der Waals surface area contributed by atoms with Crippen LogP contribution in [-0.2, 0) is 43.0 Å². The molecule has 0 spiro atoms. The molecule has 1 saturated heterocycles. The average molecular weight is 953 g/mol. The van der Waals surface area contributed by atoms with Gasteiger partial charge in [0.1, 0.15) is 36.4 Å². The zero-order valence-electron chi connectivity index (χ0n) is 37.1. The van der Waals surface area contributed by atoms with Crippen LogP contribution in [0.4, 0.5) is 14.5 Å². The molecule has 5 aliphatic rings. The van der Waals surface area contributed by atoms with Crippen molar-refractivity contribution in [2.24, 2.45) is 22.7 Å². The van der Waals surface area contributed by atoms with Gasteiger partial charge in [-0.1, -0.05) is 25.1 Å². The van der Waals surface area contributed by atoms with Gasteiger partial charge in [-0.2, -0.15) is 12.6 Å². The molecule has 0 bridgehead atoms. The van der Waals surface area contributed by atoms with Crippen molar-refractivity contribution in [3.63, 3.8) is 0 Å². The van der Waals surface area contributed by atoms with Crippen LogP contribution in [0, 0.1) is 22.7 Å². The SMILES string of the molecule is C[C@H](NC(=O)CCNC(=O)C(S)CC(=O)O)C(=O)N[C@@H](C)C(=O)Nc1ccc(Oc2ccc([C@@H]3O[C@@H]4C[C@H]5[C@@H]6C[C@H](F)C7=CC(=O)C=C[C@]7(C)[C@@]6(F)[C@@H](O)C[C@]5(C)[C@]4(C(=O)CO)O3)cc2)cc1. The largest absolute Gasteiger partial charge is 0.481 e. The van der Waals surface area contributed by atoms with E-state index in [0.717, 1.165) is 6.08 Å². The third kappa shape index (κ3) is 8.89. The minimum atomic E-state index is -2.37. The van der Waals surface area contributed by atoms with E-state index in [1.165, 1.54) is 32.9 Å². The van der Waals surface area contributed by atoms with Crippen LogP contribution in [-0.4, -0.2) is 117 Å². The number of halogens is 2. The molecule has 4 amide bonds. The summed E-state index contributed by atoms with van der Waals surface area (Å²) in [6.45, 7) is 5.07. The van der Waals surface area contributed by atoms with Crippen molar-refractivity contribution < 1.29 is 71.9 Å². The quantitative estimate of drug-likeness (QED) is 0.113. The summed E-state index contributed by atoms with van der Waals surface area (Å²) in [5.41, 5.74) is -6.16. The van der Waals surface area contributed by atoms with E-state index < -0.39 is 130 Å². The average Bonchev–Trinajstić information content (AvgIpc) is 3.78. The minimum Gasteiger partial charge on any atom is -0.481 e. The molecule has 0 radical (unpaired) electrons. The third-order valence-corrected chi connectivity index (χ3v) is 14.7. The molecule has 1 aliphatic heterocycles. The van der Waals surface area contributed by atoms with E-state index in [0.29, 0.717) is 22.7 Å². The van der Waals surface area contributed by atoms with E-state index in [2.05, 4.69) is 33.9 Å². The van der Waals surface area contributed by atoms with Gasteiger partial charge in [-0.25, -0.2) is 8.78 Å². The van der Waals surface area contributed by atoms with E-state index in [9.17, 15) is 43.8 Å². The lowest BCUT2D eigenvalue weighted by molar-refractivity contribution is -0.235. The number of carboxylic acids is 1. The number of aliphatic hydroxyl groups is 2. The van der Waals surface area contributed by atoms with Crippen molar-refractivity contribution in [2.75, 3.05) is 18.5 Å². The summed E-state index contributed by atoms with van der Waals surface area (Å²) < 4.78 is 52.6. The maximum atomic E-state index is 17.7. The molecule has 4 aliphatic carbocycles. The number of ether oxygens (including phenoxy) is 3. The highest BCUT2D eigenvalue weighted by Crippen LogP contribution is 2.72. The Labute approximate surface area is 389 Å². The lowest BCUT2D eigenvalue weighted by atomic mass is 9.44. The van der Waals surface area contributed by atoms with Gasteiger partial charge >= 0.3 is 5.97 Å². The summed E-state index contributed by atoms with van der Waals surface area (Å²) >= 11 is 3.91. The lowest BCUT2D eigenvalue weighted by Gasteiger charge is -2.63. The van der Waals surface area contributed by atoms with Crippen molar-refractivity contribution >= 4 is 59.5 Å². The molecule has 4 fully saturated rings. The first-order valence-corrected chi connectivity index (χ1v) is 22.5. The van der Waals surface area contributed by atoms with Gasteiger partial charge in [-0.15, -0.1) is 0 Å². The van der Waals surface area contributed by atoms with Gasteiger partial charge in [-0.05, 0) is 100 Å². The first-order valence-electron chi connectivity index (χ1n) is 22.0. The van der Waals surface area contributed by atoms with Gasteiger partial charge < -0.3 is 50.8 Å². The van der Waals surface area contributed by atoms with Gasteiger partial charge in [0.15, 0.2) is 29.1 Å². The fraction of sp³-hybridized carbons (Fsp3) is 0.511. The highest BCUT2D eigenvalue weighted by atomic mass is 32.1. The van der Waals surface area contributed by atoms with Crippen LogP contribution in [0.5, 0.6) is 11.5 Å². The number of amides is 4. The van der Waals surface area contributed by atoms with Crippen LogP contribution < -0.4 is 26.0 Å². The van der Waals surface area contributed by atoms with E-state index in [4.69, 9.17) is 19.3 Å². The zero-order chi connectivity index (χ0) is 48.8. The van der Waals surface area contributed by atoms with Crippen molar-refractivity contribution in [1.82, 2.24) is 16.0 Å². The molecule has 13 atom stereocenters. The van der Waals surface area contributed by atoms with Crippen molar-refractivity contribution in [2.45, 2.75) is 113 Å². The highest BCUT2D eigenvalue weighted by molar-refractivity contribution is 7.81. The number of thiol groups is 1. The smallest absolute Gasteiger partial charge is 0.304 e. The third-order valence-electron chi connectivity index (χ3n) is 14.3. The first-order chi connectivity index (χ1) is 31.6. The Bertz CT molecular complexity index is 2390. The summed E-state index contributed by atoms with van der Waals surface area (Å²) in [6, 6.07) is 11.0. The molecule has 1 unspecified atom stereocenters. The van der Waals surface area contributed by atoms with Crippen LogP contribution in [0.2, 0.25) is 0 Å². The number of Topliss-reactive ketones (excluding diaryl/α,β-unsaturated/α-hetero) is 1. The first kappa shape index (κ1) is 49.4. The number of hydrogen-bond acceptors (Lipinski definition) is 13. The van der Waals surface area contributed by atoms with Crippen LogP contribution in [0.25, 0.3) is 0 Å². The standard InChI is InChI=1S/C47H54F2N4O13S/c1-23(51-38(58)14-16-50-42(63)34(67)20-39(59)60)40(61)52-24(2)41(62)53-26-7-11-29(12-8-26)64-28-9-5-25(6-10-28)43-65-37-19-30-31-18-33(48)32-17-27(55)13-15-44(32,3)46(31,49)35(56)21-45(30,4)47(37,66-43)36(57)22-54/h5-13,15,17,23-24,30-31,33-35,37,43,54,56,67H,14,16,18-22H2,1-4H3,(H,50,63)(H,51,58)(H,52,61)(H,53,62)(H,59,60)/t23-,24-,30-,31-,33-,34?,35-,37+,43+,44-,45-,46-,47+/m0/s1. The maximum absolute atomic E-state index is 17.7. The van der Waals surface area contributed by atoms with Gasteiger partial charge in [0.05, 0.1) is 23.9 Å². The number of aliphatic hydroxyl groups excluding tert-OH is 2. The minimum absolute atomic E-state index is 0.0132. The number of anilines is 1. The van der Waals surface area contributed by atoms with Crippen LogP contribution in [0.1, 0.15) is 71.7 Å². The number of hydrogen-bond donors (Lipinski definition) is 8. The number of rotatable bonds is 16. The summed E-state index contributed by atoms with van der Waals surface area (Å²) in [6.07, 6.45) is -2.88. The second kappa shape index (κ2) is 18.9. The van der Waals surface area contributed by atoms with Crippen molar-refractivity contribution in [3.05, 3.63) is 77.9 Å². The predicted molar refractivity (Wildman–Crippen MR) is 237 cm³/mol. The molecule has 3 saturated carbocycles. The molecule has 7 rings (SSSR count). The fourth-order valence-corrected chi connectivity index (χ4v) is 11.1. The molecule has 2 aromatic carbocycles. The van der Waals surface area contributed by atoms with Gasteiger partial charge in [0, 0.05) is 41.0 Å². The molecule has 360 valence electrons. The summed E-state index contributed by atoms with van der Waals surface area (Å²) in [4.78, 5) is 86.6. The number of nitrogens with one attached hydrogen (secondary N) is 4. The normalized spacial score (nSPS) is 32.7. The highest BCUT2D eigenvalue weighted by Gasteiger charge is 2.80. The maximum Gasteiger partial charge on any atom is 0.304 e. The Hall–Kier alpha value is -5.54. The van der Waals surface area contributed by atoms with E-state index in [1.807, 2.05) is 0 Å². The molecular weight excluding hydrogens is 899 g/mol. The van der Waals surface area contributed by atoms with Crippen molar-refractivity contribution in [3.8, 4) is 11.5 Å². The van der Waals surface area contributed by atoms with E-state index in [1.54, 1.807) is 55.5 Å². The van der Waals surface area contributed by atoms with Crippen LogP contribution in [0.15, 0.2) is 72.3 Å². The topological polar surface area (TPSA) is 256 Å². The number of aliphatic carboxylic acids is 1. The fourth-order valence-electron chi connectivity index (χ4n) is 10.9. The molecule has 0 aromatic heterocycles. The molecule has 67 heavy (non-hydrogen) atoms. The van der Waals surface area contributed by atoms with Gasteiger partial charge in [0.25, 0.3) is 0 Å². The Kier molecular flexibility index (Phi) is 13.9. The zero-order valence-corrected chi connectivity index (χ0v) is 38.0. The number of carbonyl (C=O) groups is 7. The Morgan fingerprint density at radius 1 is 0.925 bits per heavy atom. The molecule has 2 aromatic rings. The second-order valence-corrected chi connectivity index (χ2v) is 19.0. The van der Waals surface area contributed by atoms with Gasteiger partial charge in [0.2, 0.25) is 23.6 Å². The number of fused-ring (bicyclic) bond motifs is 7. The number of allylic oxidation sites excluding steroid dienone is 4. The molecule has 17 nitrogen and oxygen atoms in total. The Morgan fingerprint density at radius 2 is 1.57 bits per heavy atom. The number of carboxylic acid groups (broad SMARTS) is 1. The second-order valence-electron chi connectivity index (χ2n) is 18.3. The lowest BCUT2D eigenvalue weighted by Crippen LogP contribution is -2.70. The summed E-state index contributed by atoms with van der Waals surface area (Å²) in [7, 11) is 0. The summed E-state index contributed by atoms with van der Waals surface area (Å²) in [5, 5.41) is 39.8. The molecular formula is C47H54F2N4O13S. The molecule has 1 heterocycles. The van der Waals surface area contributed by atoms with Gasteiger partial charge in [-0.3, -0.25) is 33.6 Å². The summed E-state index contributed by atoms with van der Waals surface area (Å²) in [5.74, 6) is -5.70. The van der Waals surface area contributed by atoms with E-state index in [-0.39, 0.29) is 37.8 Å². The Morgan fingerprint density at radius 3 is 2.21 bits per heavy atom. The Balaban J connectivity index is 0.924. The molecule has 20 heteroatoms. The number of benzene rings is 2. The van der Waals surface area contributed by atoms with Crippen molar-refractivity contribution in [1.29, 1.82) is 0 Å².